The Hall–Kier alpha value is -3.01. The highest BCUT2D eigenvalue weighted by atomic mass is 16.5. The first-order chi connectivity index (χ1) is 11.6. The summed E-state index contributed by atoms with van der Waals surface area (Å²) < 4.78 is 5.03. The molecule has 0 aromatic heterocycles. The van der Waals surface area contributed by atoms with Gasteiger partial charge in [0.15, 0.2) is 17.3 Å². The van der Waals surface area contributed by atoms with Crippen LogP contribution in [-0.4, -0.2) is 23.1 Å². The van der Waals surface area contributed by atoms with Gasteiger partial charge in [-0.3, -0.25) is 4.79 Å². The largest absolute Gasteiger partial charge is 0.508 e. The molecule has 2 aromatic rings. The number of ketones is 1. The van der Waals surface area contributed by atoms with Crippen molar-refractivity contribution >= 4 is 11.9 Å². The summed E-state index contributed by atoms with van der Waals surface area (Å²) in [6.45, 7) is 0. The number of aliphatic hydroxyl groups is 1. The van der Waals surface area contributed by atoms with Crippen molar-refractivity contribution in [2.24, 2.45) is 0 Å². The summed E-state index contributed by atoms with van der Waals surface area (Å²) in [7, 11) is 1.48. The lowest BCUT2D eigenvalue weighted by Crippen LogP contribution is -1.98. The molecule has 0 radical (unpaired) electrons. The van der Waals surface area contributed by atoms with Crippen LogP contribution in [0.15, 0.2) is 66.4 Å². The Morgan fingerprint density at radius 3 is 2.62 bits per heavy atom. The number of aliphatic hydroxyl groups excluding tert-OH is 1. The average molecular weight is 324 g/mol. The van der Waals surface area contributed by atoms with Crippen molar-refractivity contribution in [3.63, 3.8) is 0 Å². The number of rotatable bonds is 7. The van der Waals surface area contributed by atoms with Gasteiger partial charge in [-0.15, -0.1) is 0 Å². The molecule has 2 N–H and O–H groups in total. The van der Waals surface area contributed by atoms with Crippen molar-refractivity contribution in [3.05, 3.63) is 77.6 Å². The molecule has 0 aliphatic rings. The molecule has 124 valence electrons. The standard InChI is InChI=1S/C20H20O4/c1-24-20-13-16(9-12-19(20)23)8-11-18(22)14-17(21)10-7-15-5-3-2-4-6-15/h2-7,9-10,12-14,21,23H,8,11H2,1H3. The van der Waals surface area contributed by atoms with Crippen LogP contribution in [0, 0.1) is 0 Å². The van der Waals surface area contributed by atoms with E-state index in [9.17, 15) is 15.0 Å². The molecular weight excluding hydrogens is 304 g/mol. The smallest absolute Gasteiger partial charge is 0.160 e. The first-order valence-corrected chi connectivity index (χ1v) is 7.61. The van der Waals surface area contributed by atoms with Crippen molar-refractivity contribution in [1.82, 2.24) is 0 Å². The van der Waals surface area contributed by atoms with Crippen molar-refractivity contribution < 1.29 is 19.7 Å². The molecule has 4 heteroatoms. The van der Waals surface area contributed by atoms with Crippen LogP contribution in [0.4, 0.5) is 0 Å². The van der Waals surface area contributed by atoms with Gasteiger partial charge in [0, 0.05) is 12.5 Å². The summed E-state index contributed by atoms with van der Waals surface area (Å²) in [5.41, 5.74) is 1.83. The Bertz CT molecular complexity index is 745. The van der Waals surface area contributed by atoms with Crippen LogP contribution in [0.2, 0.25) is 0 Å². The van der Waals surface area contributed by atoms with E-state index in [1.54, 1.807) is 18.2 Å². The van der Waals surface area contributed by atoms with Crippen LogP contribution < -0.4 is 4.74 Å². The third-order valence-electron chi connectivity index (χ3n) is 3.46. The number of methoxy groups -OCH3 is 1. The maximum atomic E-state index is 11.9. The highest BCUT2D eigenvalue weighted by Crippen LogP contribution is 2.26. The molecule has 0 amide bonds. The molecule has 0 unspecified atom stereocenters. The molecule has 2 aromatic carbocycles. The summed E-state index contributed by atoms with van der Waals surface area (Å²) in [6.07, 6.45) is 5.22. The number of carbonyl (C=O) groups excluding carboxylic acids is 1. The van der Waals surface area contributed by atoms with Crippen LogP contribution in [0.1, 0.15) is 17.5 Å². The molecule has 0 atom stereocenters. The quantitative estimate of drug-likeness (QED) is 0.458. The van der Waals surface area contributed by atoms with Gasteiger partial charge in [0.25, 0.3) is 0 Å². The summed E-state index contributed by atoms with van der Waals surface area (Å²) in [5, 5.41) is 19.3. The number of carbonyl (C=O) groups is 1. The Morgan fingerprint density at radius 1 is 1.17 bits per heavy atom. The van der Waals surface area contributed by atoms with Crippen molar-refractivity contribution in [1.29, 1.82) is 0 Å². The van der Waals surface area contributed by atoms with Gasteiger partial charge < -0.3 is 14.9 Å². The van der Waals surface area contributed by atoms with E-state index < -0.39 is 0 Å². The molecule has 0 aliphatic heterocycles. The van der Waals surface area contributed by atoms with Gasteiger partial charge in [0.2, 0.25) is 0 Å². The average Bonchev–Trinajstić information content (AvgIpc) is 2.60. The fourth-order valence-electron chi connectivity index (χ4n) is 2.18. The molecule has 0 bridgehead atoms. The minimum Gasteiger partial charge on any atom is -0.508 e. The second kappa shape index (κ2) is 8.58. The van der Waals surface area contributed by atoms with E-state index in [4.69, 9.17) is 4.74 Å². The predicted molar refractivity (Wildman–Crippen MR) is 94.2 cm³/mol. The predicted octanol–water partition coefficient (Wildman–Crippen LogP) is 4.06. The van der Waals surface area contributed by atoms with E-state index in [2.05, 4.69) is 0 Å². The zero-order valence-corrected chi connectivity index (χ0v) is 13.5. The van der Waals surface area contributed by atoms with Gasteiger partial charge in [0.1, 0.15) is 5.76 Å². The van der Waals surface area contributed by atoms with Crippen LogP contribution in [0.25, 0.3) is 6.08 Å². The first-order valence-electron chi connectivity index (χ1n) is 7.61. The number of ether oxygens (including phenoxy) is 1. The van der Waals surface area contributed by atoms with E-state index in [1.165, 1.54) is 25.3 Å². The zero-order valence-electron chi connectivity index (χ0n) is 13.5. The number of allylic oxidation sites excluding steroid dienone is 2. The molecular formula is C20H20O4. The number of phenols is 1. The fourth-order valence-corrected chi connectivity index (χ4v) is 2.18. The third kappa shape index (κ3) is 5.32. The highest BCUT2D eigenvalue weighted by molar-refractivity contribution is 5.90. The first kappa shape index (κ1) is 17.3. The second-order valence-corrected chi connectivity index (χ2v) is 5.29. The van der Waals surface area contributed by atoms with Crippen molar-refractivity contribution in [3.8, 4) is 11.5 Å². The van der Waals surface area contributed by atoms with Crippen LogP contribution in [-0.2, 0) is 11.2 Å². The lowest BCUT2D eigenvalue weighted by Gasteiger charge is -2.05. The maximum Gasteiger partial charge on any atom is 0.160 e. The Balaban J connectivity index is 1.91. The molecule has 4 nitrogen and oxygen atoms in total. The molecule has 0 fully saturated rings. The topological polar surface area (TPSA) is 66.8 Å². The van der Waals surface area contributed by atoms with Gasteiger partial charge >= 0.3 is 0 Å². The van der Waals surface area contributed by atoms with Gasteiger partial charge in [-0.2, -0.15) is 0 Å². The van der Waals surface area contributed by atoms with Crippen LogP contribution in [0.5, 0.6) is 11.5 Å². The van der Waals surface area contributed by atoms with Crippen LogP contribution >= 0.6 is 0 Å². The minimum absolute atomic E-state index is 0.0659. The number of aryl methyl sites for hydroxylation is 1. The summed E-state index contributed by atoms with van der Waals surface area (Å²) in [5.74, 6) is 0.199. The van der Waals surface area contributed by atoms with Gasteiger partial charge in [-0.1, -0.05) is 42.5 Å². The van der Waals surface area contributed by atoms with Crippen molar-refractivity contribution in [2.45, 2.75) is 12.8 Å². The van der Waals surface area contributed by atoms with E-state index in [-0.39, 0.29) is 23.7 Å². The molecule has 0 saturated heterocycles. The highest BCUT2D eigenvalue weighted by Gasteiger charge is 2.05. The normalized spacial score (nSPS) is 11.6. The molecule has 0 heterocycles. The molecule has 0 saturated carbocycles. The maximum absolute atomic E-state index is 11.9. The monoisotopic (exact) mass is 324 g/mol. The summed E-state index contributed by atoms with van der Waals surface area (Å²) in [6, 6.07) is 14.5. The lowest BCUT2D eigenvalue weighted by atomic mass is 10.1. The number of benzene rings is 2. The third-order valence-corrected chi connectivity index (χ3v) is 3.46. The van der Waals surface area contributed by atoms with E-state index in [1.807, 2.05) is 30.3 Å². The molecule has 0 aliphatic carbocycles. The summed E-state index contributed by atoms with van der Waals surface area (Å²) >= 11 is 0. The Labute approximate surface area is 141 Å². The van der Waals surface area contributed by atoms with Gasteiger partial charge in [-0.05, 0) is 35.8 Å². The van der Waals surface area contributed by atoms with E-state index in [0.717, 1.165) is 11.1 Å². The van der Waals surface area contributed by atoms with Gasteiger partial charge in [-0.25, -0.2) is 0 Å². The number of hydrogen-bond acceptors (Lipinski definition) is 4. The number of hydrogen-bond donors (Lipinski definition) is 2. The molecule has 24 heavy (non-hydrogen) atoms. The van der Waals surface area contributed by atoms with Crippen LogP contribution in [0.3, 0.4) is 0 Å². The second-order valence-electron chi connectivity index (χ2n) is 5.29. The van der Waals surface area contributed by atoms with Gasteiger partial charge in [0.05, 0.1) is 7.11 Å². The molecule has 2 rings (SSSR count). The van der Waals surface area contributed by atoms with E-state index >= 15 is 0 Å². The fraction of sp³-hybridized carbons (Fsp3) is 0.150. The SMILES string of the molecule is COc1cc(CCC(=O)C=C(O)C=Cc2ccccc2)ccc1O. The Morgan fingerprint density at radius 2 is 1.92 bits per heavy atom. The zero-order chi connectivity index (χ0) is 17.4. The molecule has 0 spiro atoms. The summed E-state index contributed by atoms with van der Waals surface area (Å²) in [4.78, 5) is 11.9. The van der Waals surface area contributed by atoms with Crippen molar-refractivity contribution in [2.75, 3.05) is 7.11 Å². The van der Waals surface area contributed by atoms with E-state index in [0.29, 0.717) is 12.2 Å². The lowest BCUT2D eigenvalue weighted by molar-refractivity contribution is -0.114. The Kier molecular flexibility index (Phi) is 6.20. The number of phenolic OH excluding ortho intramolecular Hbond substituents is 1. The minimum atomic E-state index is -0.169. The number of aromatic hydroxyl groups is 1.